The average Bonchev–Trinajstić information content (AvgIpc) is 2.48. The molecule has 2 rings (SSSR count). The molecule has 0 aromatic heterocycles. The van der Waals surface area contributed by atoms with E-state index in [4.69, 9.17) is 15.2 Å². The fourth-order valence-electron chi connectivity index (χ4n) is 1.97. The highest BCUT2D eigenvalue weighted by Crippen LogP contribution is 2.23. The van der Waals surface area contributed by atoms with Crippen molar-refractivity contribution >= 4 is 17.3 Å². The van der Waals surface area contributed by atoms with E-state index in [1.807, 2.05) is 26.0 Å². The molecule has 0 spiro atoms. The molecule has 0 aliphatic carbocycles. The molecule has 0 fully saturated rings. The minimum atomic E-state index is -0.230. The van der Waals surface area contributed by atoms with Crippen LogP contribution in [0.15, 0.2) is 42.5 Å². The van der Waals surface area contributed by atoms with Gasteiger partial charge in [-0.1, -0.05) is 0 Å². The van der Waals surface area contributed by atoms with E-state index in [0.717, 1.165) is 5.75 Å². The number of methoxy groups -OCH3 is 1. The van der Waals surface area contributed by atoms with E-state index in [-0.39, 0.29) is 12.0 Å². The van der Waals surface area contributed by atoms with Gasteiger partial charge >= 0.3 is 0 Å². The highest BCUT2D eigenvalue weighted by Gasteiger charge is 2.09. The van der Waals surface area contributed by atoms with Crippen LogP contribution >= 0.6 is 0 Å². The molecule has 0 atom stereocenters. The molecule has 5 nitrogen and oxygen atoms in total. The number of carbonyl (C=O) groups is 1. The number of nitrogens with one attached hydrogen (secondary N) is 1. The molecule has 22 heavy (non-hydrogen) atoms. The number of amides is 1. The Balaban J connectivity index is 2.06. The fraction of sp³-hybridized carbons (Fsp3) is 0.235. The van der Waals surface area contributed by atoms with E-state index in [1.165, 1.54) is 7.11 Å². The van der Waals surface area contributed by atoms with E-state index in [2.05, 4.69) is 5.32 Å². The van der Waals surface area contributed by atoms with Gasteiger partial charge in [-0.05, 0) is 56.3 Å². The Labute approximate surface area is 130 Å². The molecule has 1 amide bonds. The van der Waals surface area contributed by atoms with Crippen LogP contribution in [0.25, 0.3) is 0 Å². The third-order valence-electron chi connectivity index (χ3n) is 2.98. The van der Waals surface area contributed by atoms with Gasteiger partial charge in [0.1, 0.15) is 11.5 Å². The first-order valence-corrected chi connectivity index (χ1v) is 7.01. The molecular weight excluding hydrogens is 280 g/mol. The summed E-state index contributed by atoms with van der Waals surface area (Å²) in [6.07, 6.45) is 0.114. The normalized spacial score (nSPS) is 10.4. The lowest BCUT2D eigenvalue weighted by atomic mass is 10.1. The molecule has 2 aromatic rings. The van der Waals surface area contributed by atoms with Crippen molar-refractivity contribution in [1.29, 1.82) is 0 Å². The molecule has 0 saturated carbocycles. The molecule has 0 unspecified atom stereocenters. The van der Waals surface area contributed by atoms with Crippen molar-refractivity contribution in [2.45, 2.75) is 20.0 Å². The second-order valence-corrected chi connectivity index (χ2v) is 5.10. The van der Waals surface area contributed by atoms with Gasteiger partial charge in [0.2, 0.25) is 0 Å². The Kier molecular flexibility index (Phi) is 4.88. The van der Waals surface area contributed by atoms with Gasteiger partial charge in [0.15, 0.2) is 0 Å². The van der Waals surface area contributed by atoms with Gasteiger partial charge in [-0.25, -0.2) is 0 Å². The van der Waals surface area contributed by atoms with Crippen molar-refractivity contribution in [3.8, 4) is 11.5 Å². The molecule has 2 aromatic carbocycles. The zero-order valence-corrected chi connectivity index (χ0v) is 12.9. The van der Waals surface area contributed by atoms with E-state index in [1.54, 1.807) is 30.3 Å². The van der Waals surface area contributed by atoms with Gasteiger partial charge < -0.3 is 20.5 Å². The molecule has 3 N–H and O–H groups in total. The van der Waals surface area contributed by atoms with E-state index in [9.17, 15) is 4.79 Å². The molecule has 0 aliphatic rings. The van der Waals surface area contributed by atoms with Gasteiger partial charge in [-0.3, -0.25) is 4.79 Å². The number of hydrogen-bond acceptors (Lipinski definition) is 4. The number of hydrogen-bond donors (Lipinski definition) is 2. The van der Waals surface area contributed by atoms with Crippen LogP contribution in [0.5, 0.6) is 11.5 Å². The fourth-order valence-corrected chi connectivity index (χ4v) is 1.97. The monoisotopic (exact) mass is 300 g/mol. The van der Waals surface area contributed by atoms with Gasteiger partial charge in [0.05, 0.1) is 18.9 Å². The summed E-state index contributed by atoms with van der Waals surface area (Å²) < 4.78 is 10.6. The van der Waals surface area contributed by atoms with Crippen molar-refractivity contribution in [3.63, 3.8) is 0 Å². The first-order chi connectivity index (χ1) is 10.5. The molecule has 116 valence electrons. The first kappa shape index (κ1) is 15.7. The number of anilines is 2. The summed E-state index contributed by atoms with van der Waals surface area (Å²) >= 11 is 0. The second kappa shape index (κ2) is 6.85. The first-order valence-electron chi connectivity index (χ1n) is 7.01. The maximum Gasteiger partial charge on any atom is 0.255 e. The highest BCUT2D eigenvalue weighted by molar-refractivity contribution is 6.05. The van der Waals surface area contributed by atoms with Crippen LogP contribution in [0, 0.1) is 0 Å². The largest absolute Gasteiger partial charge is 0.495 e. The van der Waals surface area contributed by atoms with E-state index < -0.39 is 0 Å². The highest BCUT2D eigenvalue weighted by atomic mass is 16.5. The number of carbonyl (C=O) groups excluding carboxylic acids is 1. The van der Waals surface area contributed by atoms with Gasteiger partial charge in [0.25, 0.3) is 5.91 Å². The third kappa shape index (κ3) is 3.91. The zero-order valence-electron chi connectivity index (χ0n) is 12.9. The van der Waals surface area contributed by atoms with Crippen molar-refractivity contribution in [1.82, 2.24) is 0 Å². The smallest absolute Gasteiger partial charge is 0.255 e. The maximum atomic E-state index is 12.2. The molecule has 0 saturated heterocycles. The predicted octanol–water partition coefficient (Wildman–Crippen LogP) is 3.32. The predicted molar refractivity (Wildman–Crippen MR) is 87.6 cm³/mol. The molecule has 0 radical (unpaired) electrons. The lowest BCUT2D eigenvalue weighted by molar-refractivity contribution is 0.102. The van der Waals surface area contributed by atoms with E-state index in [0.29, 0.717) is 22.7 Å². The molecule has 5 heteroatoms. The number of rotatable bonds is 5. The number of nitrogens with two attached hydrogens (primary N) is 1. The van der Waals surface area contributed by atoms with Gasteiger partial charge in [-0.15, -0.1) is 0 Å². The summed E-state index contributed by atoms with van der Waals surface area (Å²) in [6, 6.07) is 12.1. The lowest BCUT2D eigenvalue weighted by Crippen LogP contribution is -2.12. The van der Waals surface area contributed by atoms with Crippen molar-refractivity contribution in [2.24, 2.45) is 0 Å². The zero-order chi connectivity index (χ0) is 16.1. The summed E-state index contributed by atoms with van der Waals surface area (Å²) in [5.74, 6) is 1.08. The third-order valence-corrected chi connectivity index (χ3v) is 2.98. The van der Waals surface area contributed by atoms with Crippen LogP contribution in [0.1, 0.15) is 24.2 Å². The minimum absolute atomic E-state index is 0.114. The van der Waals surface area contributed by atoms with Crippen molar-refractivity contribution in [3.05, 3.63) is 48.0 Å². The van der Waals surface area contributed by atoms with Crippen molar-refractivity contribution < 1.29 is 14.3 Å². The number of ether oxygens (including phenoxy) is 2. The van der Waals surface area contributed by atoms with Gasteiger partial charge in [0, 0.05) is 11.3 Å². The Morgan fingerprint density at radius 1 is 1.14 bits per heavy atom. The van der Waals surface area contributed by atoms with Crippen LogP contribution < -0.4 is 20.5 Å². The molecule has 0 bridgehead atoms. The molecule has 0 aliphatic heterocycles. The average molecular weight is 300 g/mol. The number of benzene rings is 2. The van der Waals surface area contributed by atoms with Gasteiger partial charge in [-0.2, -0.15) is 0 Å². The van der Waals surface area contributed by atoms with Crippen molar-refractivity contribution in [2.75, 3.05) is 18.2 Å². The molecule has 0 heterocycles. The summed E-state index contributed by atoms with van der Waals surface area (Å²) in [7, 11) is 1.53. The second-order valence-electron chi connectivity index (χ2n) is 5.10. The van der Waals surface area contributed by atoms with Crippen LogP contribution in [-0.2, 0) is 0 Å². The topological polar surface area (TPSA) is 73.6 Å². The van der Waals surface area contributed by atoms with Crippen LogP contribution in [0.4, 0.5) is 11.4 Å². The quantitative estimate of drug-likeness (QED) is 0.831. The Hall–Kier alpha value is -2.69. The SMILES string of the molecule is COc1ccc(C(=O)Nc2ccc(OC(C)C)cc2)cc1N. The summed E-state index contributed by atoms with van der Waals surface area (Å²) in [6.45, 7) is 3.92. The minimum Gasteiger partial charge on any atom is -0.495 e. The standard InChI is InChI=1S/C17H20N2O3/c1-11(2)22-14-7-5-13(6-8-14)19-17(20)12-4-9-16(21-3)15(18)10-12/h4-11H,18H2,1-3H3,(H,19,20). The summed E-state index contributed by atoms with van der Waals surface area (Å²) in [5.41, 5.74) is 7.40. The maximum absolute atomic E-state index is 12.2. The van der Waals surface area contributed by atoms with E-state index >= 15 is 0 Å². The Morgan fingerprint density at radius 2 is 1.82 bits per heavy atom. The lowest BCUT2D eigenvalue weighted by Gasteiger charge is -2.11. The van der Waals surface area contributed by atoms with Crippen LogP contribution in [0.2, 0.25) is 0 Å². The number of nitrogen functional groups attached to an aromatic ring is 1. The Bertz CT molecular complexity index is 651. The van der Waals surface area contributed by atoms with Crippen LogP contribution in [-0.4, -0.2) is 19.1 Å². The van der Waals surface area contributed by atoms with Crippen LogP contribution in [0.3, 0.4) is 0 Å². The Morgan fingerprint density at radius 3 is 2.36 bits per heavy atom. The molecular formula is C17H20N2O3. The summed E-state index contributed by atoms with van der Waals surface area (Å²) in [5, 5.41) is 2.81. The summed E-state index contributed by atoms with van der Waals surface area (Å²) in [4.78, 5) is 12.2.